The number of hydrogen-bond donors (Lipinski definition) is 2. The van der Waals surface area contributed by atoms with Crippen molar-refractivity contribution in [1.82, 2.24) is 0 Å². The number of hydrogen-bond acceptors (Lipinski definition) is 2. The highest BCUT2D eigenvalue weighted by Gasteiger charge is 2.51. The average Bonchev–Trinajstić information content (AvgIpc) is 3.02. The van der Waals surface area contributed by atoms with Gasteiger partial charge in [0, 0.05) is 4.47 Å². The maximum absolute atomic E-state index is 13.8. The predicted octanol–water partition coefficient (Wildman–Crippen LogP) is 3.05. The van der Waals surface area contributed by atoms with Crippen LogP contribution < -0.4 is 5.32 Å². The summed E-state index contributed by atoms with van der Waals surface area (Å²) >= 11 is 3.14. The van der Waals surface area contributed by atoms with Crippen LogP contribution in [0.5, 0.6) is 0 Å². The van der Waals surface area contributed by atoms with E-state index in [4.69, 9.17) is 0 Å². The molecule has 3 rings (SSSR count). The molecule has 4 atom stereocenters. The minimum atomic E-state index is -0.969. The molecule has 0 unspecified atom stereocenters. The molecule has 1 aromatic carbocycles. The molecule has 0 aliphatic heterocycles. The number of rotatable bonds is 3. The second kappa shape index (κ2) is 5.26. The first-order valence-electron chi connectivity index (χ1n) is 6.64. The van der Waals surface area contributed by atoms with Crippen LogP contribution in [0, 0.1) is 29.5 Å². The predicted molar refractivity (Wildman–Crippen MR) is 78.1 cm³/mol. The topological polar surface area (TPSA) is 66.4 Å². The largest absolute Gasteiger partial charge is 0.481 e. The van der Waals surface area contributed by atoms with E-state index in [1.165, 1.54) is 12.1 Å². The lowest BCUT2D eigenvalue weighted by Crippen LogP contribution is -2.36. The van der Waals surface area contributed by atoms with Crippen LogP contribution in [-0.2, 0) is 9.59 Å². The Labute approximate surface area is 129 Å². The summed E-state index contributed by atoms with van der Waals surface area (Å²) in [5.41, 5.74) is 0.0686. The fourth-order valence-corrected chi connectivity index (χ4v) is 3.66. The van der Waals surface area contributed by atoms with Gasteiger partial charge < -0.3 is 10.4 Å². The summed E-state index contributed by atoms with van der Waals surface area (Å²) in [5, 5.41) is 11.8. The number of carboxylic acids is 1. The van der Waals surface area contributed by atoms with Gasteiger partial charge in [-0.2, -0.15) is 0 Å². The minimum absolute atomic E-state index is 0.0686. The quantitative estimate of drug-likeness (QED) is 0.820. The molecule has 0 spiro atoms. The third kappa shape index (κ3) is 2.48. The molecule has 4 nitrogen and oxygen atoms in total. The second-order valence-corrected chi connectivity index (χ2v) is 6.37. The number of halogens is 2. The SMILES string of the molecule is O=C(O)[C@@H]1[C@@H](C(=O)Nc2ccc(Br)cc2F)[C@H]2C=C[C@H]1C2. The van der Waals surface area contributed by atoms with Gasteiger partial charge >= 0.3 is 5.97 Å². The molecule has 110 valence electrons. The summed E-state index contributed by atoms with van der Waals surface area (Å²) in [6, 6.07) is 4.33. The van der Waals surface area contributed by atoms with E-state index in [-0.39, 0.29) is 17.5 Å². The summed E-state index contributed by atoms with van der Waals surface area (Å²) in [6.45, 7) is 0. The smallest absolute Gasteiger partial charge is 0.307 e. The number of aliphatic carboxylic acids is 1. The standard InChI is InChI=1S/C15H13BrFNO3/c16-9-3-4-11(10(17)6-9)18-14(19)12-7-1-2-8(5-7)13(12)15(20)21/h1-4,6-8,12-13H,5H2,(H,18,19)(H,20,21)/t7-,8-,12-,13-/m0/s1. The Bertz CT molecular complexity index is 646. The van der Waals surface area contributed by atoms with Crippen LogP contribution in [0.15, 0.2) is 34.8 Å². The molecule has 2 N–H and O–H groups in total. The number of carbonyl (C=O) groups excluding carboxylic acids is 1. The van der Waals surface area contributed by atoms with Crippen LogP contribution in [-0.4, -0.2) is 17.0 Å². The van der Waals surface area contributed by atoms with Crippen LogP contribution in [0.1, 0.15) is 6.42 Å². The van der Waals surface area contributed by atoms with Crippen molar-refractivity contribution >= 4 is 33.5 Å². The van der Waals surface area contributed by atoms with Gasteiger partial charge in [0.2, 0.25) is 5.91 Å². The number of anilines is 1. The Kier molecular flexibility index (Phi) is 3.57. The van der Waals surface area contributed by atoms with Gasteiger partial charge in [-0.1, -0.05) is 28.1 Å². The van der Waals surface area contributed by atoms with Crippen LogP contribution in [0.4, 0.5) is 10.1 Å². The van der Waals surface area contributed by atoms with Crippen molar-refractivity contribution in [2.75, 3.05) is 5.32 Å². The summed E-state index contributed by atoms with van der Waals surface area (Å²) in [5.74, 6) is -3.49. The van der Waals surface area contributed by atoms with Crippen LogP contribution in [0.3, 0.4) is 0 Å². The Morgan fingerprint density at radius 2 is 1.90 bits per heavy atom. The zero-order chi connectivity index (χ0) is 15.1. The zero-order valence-corrected chi connectivity index (χ0v) is 12.5. The fourth-order valence-electron chi connectivity index (χ4n) is 3.32. The van der Waals surface area contributed by atoms with E-state index in [9.17, 15) is 19.1 Å². The van der Waals surface area contributed by atoms with Gasteiger partial charge in [0.05, 0.1) is 17.5 Å². The first-order valence-corrected chi connectivity index (χ1v) is 7.43. The fraction of sp³-hybridized carbons (Fsp3) is 0.333. The molecular formula is C15H13BrFNO3. The molecule has 1 amide bonds. The molecule has 2 aliphatic carbocycles. The van der Waals surface area contributed by atoms with E-state index in [1.807, 2.05) is 12.2 Å². The minimum Gasteiger partial charge on any atom is -0.481 e. The molecule has 1 fully saturated rings. The summed E-state index contributed by atoms with van der Waals surface area (Å²) in [6.07, 6.45) is 4.44. The highest BCUT2D eigenvalue weighted by Crippen LogP contribution is 2.48. The summed E-state index contributed by atoms with van der Waals surface area (Å²) in [4.78, 5) is 23.7. The lowest BCUT2D eigenvalue weighted by molar-refractivity contribution is -0.146. The highest BCUT2D eigenvalue weighted by atomic mass is 79.9. The third-order valence-electron chi connectivity index (χ3n) is 4.24. The average molecular weight is 354 g/mol. The number of benzene rings is 1. The van der Waals surface area contributed by atoms with Gasteiger partial charge in [0.1, 0.15) is 5.82 Å². The molecule has 0 saturated heterocycles. The monoisotopic (exact) mass is 353 g/mol. The normalized spacial score (nSPS) is 29.6. The van der Waals surface area contributed by atoms with Crippen molar-refractivity contribution in [3.8, 4) is 0 Å². The number of amides is 1. The molecule has 2 aliphatic rings. The first kappa shape index (κ1) is 14.3. The number of carboxylic acid groups (broad SMARTS) is 1. The molecule has 2 bridgehead atoms. The van der Waals surface area contributed by atoms with Crippen LogP contribution in [0.25, 0.3) is 0 Å². The second-order valence-electron chi connectivity index (χ2n) is 5.45. The Morgan fingerprint density at radius 3 is 2.52 bits per heavy atom. The van der Waals surface area contributed by atoms with Crippen LogP contribution in [0.2, 0.25) is 0 Å². The summed E-state index contributed by atoms with van der Waals surface area (Å²) < 4.78 is 14.3. The van der Waals surface area contributed by atoms with Gasteiger partial charge in [-0.25, -0.2) is 4.39 Å². The molecule has 0 radical (unpaired) electrons. The lowest BCUT2D eigenvalue weighted by atomic mass is 9.82. The molecule has 21 heavy (non-hydrogen) atoms. The van der Waals surface area contributed by atoms with E-state index in [1.54, 1.807) is 6.07 Å². The van der Waals surface area contributed by atoms with Gasteiger partial charge in [0.25, 0.3) is 0 Å². The van der Waals surface area contributed by atoms with E-state index in [2.05, 4.69) is 21.2 Å². The molecule has 0 heterocycles. The Hall–Kier alpha value is -1.69. The number of allylic oxidation sites excluding steroid dienone is 2. The highest BCUT2D eigenvalue weighted by molar-refractivity contribution is 9.10. The maximum Gasteiger partial charge on any atom is 0.307 e. The van der Waals surface area contributed by atoms with E-state index < -0.39 is 29.5 Å². The number of nitrogens with one attached hydrogen (secondary N) is 1. The van der Waals surface area contributed by atoms with Gasteiger partial charge in [-0.3, -0.25) is 9.59 Å². The summed E-state index contributed by atoms with van der Waals surface area (Å²) in [7, 11) is 0. The van der Waals surface area contributed by atoms with Crippen LogP contribution >= 0.6 is 15.9 Å². The molecule has 1 aromatic rings. The van der Waals surface area contributed by atoms with E-state index in [0.717, 1.165) is 0 Å². The molecular weight excluding hydrogens is 341 g/mol. The van der Waals surface area contributed by atoms with E-state index in [0.29, 0.717) is 10.9 Å². The van der Waals surface area contributed by atoms with Crippen molar-refractivity contribution in [1.29, 1.82) is 0 Å². The van der Waals surface area contributed by atoms with Gasteiger partial charge in [0.15, 0.2) is 0 Å². The molecule has 1 saturated carbocycles. The Balaban J connectivity index is 1.82. The van der Waals surface area contributed by atoms with Gasteiger partial charge in [-0.15, -0.1) is 0 Å². The third-order valence-corrected chi connectivity index (χ3v) is 4.73. The molecule has 0 aromatic heterocycles. The number of fused-ring (bicyclic) bond motifs is 2. The van der Waals surface area contributed by atoms with Crippen molar-refractivity contribution in [2.24, 2.45) is 23.7 Å². The van der Waals surface area contributed by atoms with Crippen molar-refractivity contribution in [2.45, 2.75) is 6.42 Å². The van der Waals surface area contributed by atoms with Crippen molar-refractivity contribution in [3.05, 3.63) is 40.6 Å². The van der Waals surface area contributed by atoms with Gasteiger partial charge in [-0.05, 0) is 36.5 Å². The van der Waals surface area contributed by atoms with E-state index >= 15 is 0 Å². The Morgan fingerprint density at radius 1 is 1.24 bits per heavy atom. The van der Waals surface area contributed by atoms with Crippen molar-refractivity contribution < 1.29 is 19.1 Å². The zero-order valence-electron chi connectivity index (χ0n) is 10.9. The maximum atomic E-state index is 13.8. The van der Waals surface area contributed by atoms with Crippen molar-refractivity contribution in [3.63, 3.8) is 0 Å². The first-order chi connectivity index (χ1) is 9.97. The molecule has 6 heteroatoms. The lowest BCUT2D eigenvalue weighted by Gasteiger charge is -2.23. The number of carbonyl (C=O) groups is 2.